The van der Waals surface area contributed by atoms with Gasteiger partial charge in [0, 0.05) is 11.9 Å². The Labute approximate surface area is 117 Å². The van der Waals surface area contributed by atoms with Crippen LogP contribution in [0.15, 0.2) is 30.3 Å². The number of rotatable bonds is 3. The van der Waals surface area contributed by atoms with Crippen LogP contribution in [0.25, 0.3) is 10.9 Å². The molecule has 5 nitrogen and oxygen atoms in total. The van der Waals surface area contributed by atoms with Crippen molar-refractivity contribution in [2.75, 3.05) is 18.1 Å². The van der Waals surface area contributed by atoms with Crippen molar-refractivity contribution >= 4 is 22.6 Å². The Morgan fingerprint density at radius 2 is 2.25 bits per heavy atom. The van der Waals surface area contributed by atoms with Gasteiger partial charge in [0.15, 0.2) is 0 Å². The van der Waals surface area contributed by atoms with E-state index in [1.807, 2.05) is 24.3 Å². The lowest BCUT2D eigenvalue weighted by molar-refractivity contribution is 0.100. The van der Waals surface area contributed by atoms with Gasteiger partial charge in [0.2, 0.25) is 5.91 Å². The lowest BCUT2D eigenvalue weighted by Gasteiger charge is -2.24. The van der Waals surface area contributed by atoms with E-state index in [9.17, 15) is 9.90 Å². The summed E-state index contributed by atoms with van der Waals surface area (Å²) in [5.74, 6) is 0.263. The number of benzene rings is 1. The van der Waals surface area contributed by atoms with Crippen LogP contribution in [-0.4, -0.2) is 35.2 Å². The fourth-order valence-corrected chi connectivity index (χ4v) is 2.84. The number of carbonyl (C=O) groups is 1. The van der Waals surface area contributed by atoms with Gasteiger partial charge in [0.25, 0.3) is 0 Å². The summed E-state index contributed by atoms with van der Waals surface area (Å²) in [7, 11) is 0. The van der Waals surface area contributed by atoms with Crippen molar-refractivity contribution in [3.05, 3.63) is 35.9 Å². The molecular formula is C15H17N3O2. The number of amides is 1. The zero-order chi connectivity index (χ0) is 14.1. The SMILES string of the molecule is NC(=O)c1cc(N2CCCC2CO)nc2ccccc12. The van der Waals surface area contributed by atoms with Crippen molar-refractivity contribution in [2.45, 2.75) is 18.9 Å². The van der Waals surface area contributed by atoms with E-state index in [-0.39, 0.29) is 12.6 Å². The lowest BCUT2D eigenvalue weighted by Crippen LogP contribution is -2.33. The van der Waals surface area contributed by atoms with E-state index in [1.165, 1.54) is 0 Å². The van der Waals surface area contributed by atoms with Gasteiger partial charge in [-0.2, -0.15) is 0 Å². The summed E-state index contributed by atoms with van der Waals surface area (Å²) >= 11 is 0. The number of pyridine rings is 1. The Hall–Kier alpha value is -2.14. The highest BCUT2D eigenvalue weighted by molar-refractivity contribution is 6.06. The molecule has 20 heavy (non-hydrogen) atoms. The Morgan fingerprint density at radius 1 is 1.45 bits per heavy atom. The molecule has 1 aromatic carbocycles. The summed E-state index contributed by atoms with van der Waals surface area (Å²) in [5, 5.41) is 10.2. The number of nitrogens with two attached hydrogens (primary N) is 1. The number of hydrogen-bond donors (Lipinski definition) is 2. The maximum Gasteiger partial charge on any atom is 0.249 e. The molecule has 5 heteroatoms. The minimum atomic E-state index is -0.454. The Balaban J connectivity index is 2.15. The molecule has 1 atom stereocenters. The van der Waals surface area contributed by atoms with E-state index in [0.29, 0.717) is 11.4 Å². The molecule has 1 amide bonds. The average molecular weight is 271 g/mol. The van der Waals surface area contributed by atoms with E-state index in [4.69, 9.17) is 5.73 Å². The zero-order valence-corrected chi connectivity index (χ0v) is 11.1. The summed E-state index contributed by atoms with van der Waals surface area (Å²) < 4.78 is 0. The molecular weight excluding hydrogens is 254 g/mol. The molecule has 3 rings (SSSR count). The molecule has 0 radical (unpaired) electrons. The summed E-state index contributed by atoms with van der Waals surface area (Å²) in [6.45, 7) is 0.940. The van der Waals surface area contributed by atoms with Crippen molar-refractivity contribution in [2.24, 2.45) is 5.73 Å². The molecule has 1 fully saturated rings. The minimum absolute atomic E-state index is 0.0735. The molecule has 0 spiro atoms. The summed E-state index contributed by atoms with van der Waals surface area (Å²) in [4.78, 5) is 18.3. The van der Waals surface area contributed by atoms with Crippen LogP contribution in [0.1, 0.15) is 23.2 Å². The third-order valence-corrected chi connectivity index (χ3v) is 3.85. The van der Waals surface area contributed by atoms with Crippen molar-refractivity contribution in [3.8, 4) is 0 Å². The molecule has 1 saturated heterocycles. The van der Waals surface area contributed by atoms with Crippen LogP contribution in [0.3, 0.4) is 0 Å². The van der Waals surface area contributed by atoms with Crippen LogP contribution >= 0.6 is 0 Å². The van der Waals surface area contributed by atoms with Gasteiger partial charge >= 0.3 is 0 Å². The second kappa shape index (κ2) is 5.09. The van der Waals surface area contributed by atoms with Crippen molar-refractivity contribution in [3.63, 3.8) is 0 Å². The van der Waals surface area contributed by atoms with Crippen molar-refractivity contribution in [1.29, 1.82) is 0 Å². The van der Waals surface area contributed by atoms with Gasteiger partial charge in [-0.25, -0.2) is 4.98 Å². The summed E-state index contributed by atoms with van der Waals surface area (Å²) in [6, 6.07) is 9.28. The van der Waals surface area contributed by atoms with Gasteiger partial charge < -0.3 is 15.7 Å². The van der Waals surface area contributed by atoms with E-state index in [2.05, 4.69) is 9.88 Å². The smallest absolute Gasteiger partial charge is 0.249 e. The fourth-order valence-electron chi connectivity index (χ4n) is 2.84. The normalized spacial score (nSPS) is 18.6. The van der Waals surface area contributed by atoms with Crippen molar-refractivity contribution < 1.29 is 9.90 Å². The van der Waals surface area contributed by atoms with E-state index >= 15 is 0 Å². The molecule has 1 aliphatic rings. The van der Waals surface area contributed by atoms with Gasteiger partial charge in [-0.3, -0.25) is 4.79 Å². The summed E-state index contributed by atoms with van der Waals surface area (Å²) in [5.41, 5.74) is 6.71. The number of aliphatic hydroxyl groups excluding tert-OH is 1. The molecule has 0 bridgehead atoms. The molecule has 1 unspecified atom stereocenters. The van der Waals surface area contributed by atoms with Crippen LogP contribution in [0.4, 0.5) is 5.82 Å². The Morgan fingerprint density at radius 3 is 3.00 bits per heavy atom. The van der Waals surface area contributed by atoms with Gasteiger partial charge in [0.1, 0.15) is 5.82 Å². The largest absolute Gasteiger partial charge is 0.394 e. The number of hydrogen-bond acceptors (Lipinski definition) is 4. The van der Waals surface area contributed by atoms with Crippen LogP contribution in [0.2, 0.25) is 0 Å². The van der Waals surface area contributed by atoms with Crippen LogP contribution in [0.5, 0.6) is 0 Å². The first kappa shape index (κ1) is 12.9. The maximum absolute atomic E-state index is 11.7. The molecule has 104 valence electrons. The van der Waals surface area contributed by atoms with Crippen LogP contribution < -0.4 is 10.6 Å². The highest BCUT2D eigenvalue weighted by Gasteiger charge is 2.26. The topological polar surface area (TPSA) is 79.5 Å². The fraction of sp³-hybridized carbons (Fsp3) is 0.333. The van der Waals surface area contributed by atoms with Gasteiger partial charge in [0.05, 0.1) is 23.7 Å². The Kier molecular flexibility index (Phi) is 3.28. The van der Waals surface area contributed by atoms with Gasteiger partial charge in [-0.1, -0.05) is 18.2 Å². The van der Waals surface area contributed by atoms with E-state index < -0.39 is 5.91 Å². The highest BCUT2D eigenvalue weighted by atomic mass is 16.3. The second-order valence-electron chi connectivity index (χ2n) is 5.08. The second-order valence-corrected chi connectivity index (χ2v) is 5.08. The number of fused-ring (bicyclic) bond motifs is 1. The average Bonchev–Trinajstić information content (AvgIpc) is 2.94. The standard InChI is InChI=1S/C15H17N3O2/c16-15(20)12-8-14(18-7-3-4-10(18)9-19)17-13-6-2-1-5-11(12)13/h1-2,5-6,8,10,19H,3-4,7,9H2,(H2,16,20). The maximum atomic E-state index is 11.7. The quantitative estimate of drug-likeness (QED) is 0.881. The zero-order valence-electron chi connectivity index (χ0n) is 11.1. The molecule has 1 aromatic heterocycles. The van der Waals surface area contributed by atoms with Crippen molar-refractivity contribution in [1.82, 2.24) is 4.98 Å². The predicted octanol–water partition coefficient (Wildman–Crippen LogP) is 1.29. The predicted molar refractivity (Wildman–Crippen MR) is 77.7 cm³/mol. The number of aliphatic hydroxyl groups is 1. The van der Waals surface area contributed by atoms with E-state index in [1.54, 1.807) is 6.07 Å². The molecule has 2 heterocycles. The molecule has 3 N–H and O–H groups in total. The number of carbonyl (C=O) groups excluding carboxylic acids is 1. The third kappa shape index (κ3) is 2.10. The number of para-hydroxylation sites is 1. The van der Waals surface area contributed by atoms with E-state index in [0.717, 1.165) is 30.3 Å². The number of anilines is 1. The van der Waals surface area contributed by atoms with Crippen LogP contribution in [-0.2, 0) is 0 Å². The molecule has 0 aliphatic carbocycles. The number of nitrogens with zero attached hydrogens (tertiary/aromatic N) is 2. The third-order valence-electron chi connectivity index (χ3n) is 3.85. The minimum Gasteiger partial charge on any atom is -0.394 e. The molecule has 0 saturated carbocycles. The summed E-state index contributed by atoms with van der Waals surface area (Å²) in [6.07, 6.45) is 1.96. The lowest BCUT2D eigenvalue weighted by atomic mass is 10.1. The first-order valence-corrected chi connectivity index (χ1v) is 6.78. The van der Waals surface area contributed by atoms with Crippen LogP contribution in [0, 0.1) is 0 Å². The van der Waals surface area contributed by atoms with Gasteiger partial charge in [-0.15, -0.1) is 0 Å². The first-order valence-electron chi connectivity index (χ1n) is 6.78. The molecule has 1 aliphatic heterocycles. The van der Waals surface area contributed by atoms with Gasteiger partial charge in [-0.05, 0) is 25.0 Å². The first-order chi connectivity index (χ1) is 9.70. The number of primary amides is 1. The molecule has 2 aromatic rings. The Bertz CT molecular complexity index is 657. The monoisotopic (exact) mass is 271 g/mol. The highest BCUT2D eigenvalue weighted by Crippen LogP contribution is 2.28. The number of aromatic nitrogens is 1.